The lowest BCUT2D eigenvalue weighted by molar-refractivity contribution is 0.104. The molecule has 0 atom stereocenters. The Morgan fingerprint density at radius 3 is 2.08 bits per heavy atom. The van der Waals surface area contributed by atoms with Gasteiger partial charge in [-0.2, -0.15) is 0 Å². The molecule has 4 heteroatoms. The van der Waals surface area contributed by atoms with E-state index < -0.39 is 0 Å². The van der Waals surface area contributed by atoms with E-state index in [0.717, 1.165) is 0 Å². The zero-order valence-corrected chi connectivity index (χ0v) is 9.28. The van der Waals surface area contributed by atoms with Crippen molar-refractivity contribution in [3.8, 4) is 0 Å². The van der Waals surface area contributed by atoms with E-state index in [9.17, 15) is 4.79 Å². The number of hydrogen-bond acceptors (Lipinski definition) is 2. The van der Waals surface area contributed by atoms with Crippen LogP contribution in [0.3, 0.4) is 0 Å². The fraction of sp³-hybridized carbons (Fsp3) is 0. The summed E-state index contributed by atoms with van der Waals surface area (Å²) in [6, 6.07) is 3.30. The second kappa shape index (κ2) is 3.58. The Labute approximate surface area is 87.4 Å². The third kappa shape index (κ3) is 1.87. The third-order valence-electron chi connectivity index (χ3n) is 1.40. The summed E-state index contributed by atoms with van der Waals surface area (Å²) in [4.78, 5) is 10.9. The van der Waals surface area contributed by atoms with Gasteiger partial charge in [0.2, 0.25) is 0 Å². The fourth-order valence-electron chi connectivity index (χ4n) is 0.745. The molecule has 0 saturated carbocycles. The van der Waals surface area contributed by atoms with Crippen LogP contribution in [0, 0.1) is 6.92 Å². The summed E-state index contributed by atoms with van der Waals surface area (Å²) in [6.07, 6.45) is 0. The Kier molecular flexibility index (Phi) is 2.90. The van der Waals surface area contributed by atoms with Crippen LogP contribution in [0.25, 0.3) is 0 Å². The van der Waals surface area contributed by atoms with Crippen LogP contribution in [0.1, 0.15) is 10.4 Å². The SMILES string of the molecule is [CH2]C(=O)c1cc(Br)c(N)c(Br)c1. The zero-order chi connectivity index (χ0) is 9.30. The number of ketones is 1. The molecular weight excluding hydrogens is 286 g/mol. The first-order valence-electron chi connectivity index (χ1n) is 3.13. The molecule has 1 radical (unpaired) electrons. The molecule has 2 nitrogen and oxygen atoms in total. The van der Waals surface area contributed by atoms with Gasteiger partial charge in [0.15, 0.2) is 5.78 Å². The molecule has 0 aliphatic carbocycles. The highest BCUT2D eigenvalue weighted by molar-refractivity contribution is 9.11. The molecule has 0 unspecified atom stereocenters. The molecule has 1 aromatic carbocycles. The van der Waals surface area contributed by atoms with Crippen LogP contribution in [0.5, 0.6) is 0 Å². The average Bonchev–Trinajstić information content (AvgIpc) is 1.99. The summed E-state index contributed by atoms with van der Waals surface area (Å²) in [7, 11) is 0. The Hall–Kier alpha value is -0.350. The second-order valence-electron chi connectivity index (χ2n) is 2.28. The first kappa shape index (κ1) is 9.74. The van der Waals surface area contributed by atoms with Crippen molar-refractivity contribution in [2.75, 3.05) is 5.73 Å². The van der Waals surface area contributed by atoms with Gasteiger partial charge in [-0.1, -0.05) is 0 Å². The molecule has 0 aliphatic heterocycles. The van der Waals surface area contributed by atoms with Gasteiger partial charge in [-0.05, 0) is 44.0 Å². The minimum absolute atomic E-state index is 0.226. The molecule has 2 N–H and O–H groups in total. The van der Waals surface area contributed by atoms with Crippen LogP contribution in [0.15, 0.2) is 21.1 Å². The standard InChI is InChI=1S/C8H6Br2NO/c1-4(12)5-2-6(9)8(11)7(10)3-5/h2-3H,1,11H2. The number of nitrogens with two attached hydrogens (primary N) is 1. The van der Waals surface area contributed by atoms with E-state index in [2.05, 4.69) is 38.8 Å². The van der Waals surface area contributed by atoms with Gasteiger partial charge in [-0.15, -0.1) is 0 Å². The van der Waals surface area contributed by atoms with Crippen LogP contribution >= 0.6 is 31.9 Å². The minimum atomic E-state index is -0.226. The van der Waals surface area contributed by atoms with Crippen LogP contribution in [0.2, 0.25) is 0 Å². The number of rotatable bonds is 1. The molecule has 12 heavy (non-hydrogen) atoms. The van der Waals surface area contributed by atoms with Crippen molar-refractivity contribution in [1.82, 2.24) is 0 Å². The van der Waals surface area contributed by atoms with Crippen LogP contribution < -0.4 is 5.73 Å². The molecule has 0 aliphatic rings. The molecule has 1 rings (SSSR count). The van der Waals surface area contributed by atoms with E-state index in [-0.39, 0.29) is 5.78 Å². The molecule has 63 valence electrons. The number of carbonyl (C=O) groups excluding carboxylic acids is 1. The number of halogens is 2. The predicted molar refractivity (Wildman–Crippen MR) is 55.9 cm³/mol. The van der Waals surface area contributed by atoms with Gasteiger partial charge in [0, 0.05) is 21.4 Å². The lowest BCUT2D eigenvalue weighted by Crippen LogP contribution is -1.96. The largest absolute Gasteiger partial charge is 0.397 e. The van der Waals surface area contributed by atoms with Crippen molar-refractivity contribution in [3.63, 3.8) is 0 Å². The number of nitrogen functional groups attached to an aromatic ring is 1. The number of benzene rings is 1. The lowest BCUT2D eigenvalue weighted by atomic mass is 10.1. The van der Waals surface area contributed by atoms with Gasteiger partial charge in [0.1, 0.15) is 0 Å². The van der Waals surface area contributed by atoms with E-state index in [0.29, 0.717) is 20.2 Å². The summed E-state index contributed by atoms with van der Waals surface area (Å²) >= 11 is 6.46. The summed E-state index contributed by atoms with van der Waals surface area (Å²) in [5.41, 5.74) is 6.74. The molecule has 0 fully saturated rings. The van der Waals surface area contributed by atoms with E-state index in [1.165, 1.54) is 0 Å². The van der Waals surface area contributed by atoms with Gasteiger partial charge < -0.3 is 5.73 Å². The summed E-state index contributed by atoms with van der Waals surface area (Å²) in [5, 5.41) is 0. The number of Topliss-reactive ketones (excluding diaryl/α,β-unsaturated/α-hetero) is 1. The number of hydrogen-bond donors (Lipinski definition) is 1. The molecular formula is C8H6Br2NO. The molecule has 0 amide bonds. The first-order valence-corrected chi connectivity index (χ1v) is 4.72. The Bertz CT molecular complexity index is 313. The van der Waals surface area contributed by atoms with Crippen LogP contribution in [0.4, 0.5) is 5.69 Å². The maximum atomic E-state index is 10.9. The maximum Gasteiger partial charge on any atom is 0.163 e. The molecule has 1 aromatic rings. The molecule has 0 saturated heterocycles. The van der Waals surface area contributed by atoms with E-state index in [1.54, 1.807) is 12.1 Å². The predicted octanol–water partition coefficient (Wildman–Crippen LogP) is 2.81. The van der Waals surface area contributed by atoms with Gasteiger partial charge in [-0.3, -0.25) is 4.79 Å². The van der Waals surface area contributed by atoms with Gasteiger partial charge in [-0.25, -0.2) is 0 Å². The molecule has 0 aromatic heterocycles. The topological polar surface area (TPSA) is 43.1 Å². The van der Waals surface area contributed by atoms with Crippen LogP contribution in [-0.2, 0) is 0 Å². The van der Waals surface area contributed by atoms with E-state index >= 15 is 0 Å². The quantitative estimate of drug-likeness (QED) is 0.639. The highest BCUT2D eigenvalue weighted by Gasteiger charge is 2.06. The third-order valence-corrected chi connectivity index (χ3v) is 2.71. The van der Waals surface area contributed by atoms with Crippen molar-refractivity contribution in [1.29, 1.82) is 0 Å². The Morgan fingerprint density at radius 2 is 1.75 bits per heavy atom. The molecule has 0 bridgehead atoms. The minimum Gasteiger partial charge on any atom is -0.397 e. The number of carbonyl (C=O) groups is 1. The van der Waals surface area contributed by atoms with E-state index in [4.69, 9.17) is 5.73 Å². The first-order chi connectivity index (χ1) is 5.52. The normalized spacial score (nSPS) is 9.92. The highest BCUT2D eigenvalue weighted by atomic mass is 79.9. The monoisotopic (exact) mass is 290 g/mol. The van der Waals surface area contributed by atoms with Gasteiger partial charge in [0.25, 0.3) is 0 Å². The second-order valence-corrected chi connectivity index (χ2v) is 3.99. The van der Waals surface area contributed by atoms with E-state index in [1.807, 2.05) is 0 Å². The molecule has 0 heterocycles. The maximum absolute atomic E-state index is 10.9. The van der Waals surface area contributed by atoms with Gasteiger partial charge in [0.05, 0.1) is 5.69 Å². The Balaban J connectivity index is 3.31. The van der Waals surface area contributed by atoms with Crippen molar-refractivity contribution in [2.24, 2.45) is 0 Å². The lowest BCUT2D eigenvalue weighted by Gasteiger charge is -2.03. The van der Waals surface area contributed by atoms with Gasteiger partial charge >= 0.3 is 0 Å². The number of anilines is 1. The van der Waals surface area contributed by atoms with Crippen molar-refractivity contribution >= 4 is 43.3 Å². The van der Waals surface area contributed by atoms with Crippen molar-refractivity contribution in [3.05, 3.63) is 33.6 Å². The highest BCUT2D eigenvalue weighted by Crippen LogP contribution is 2.29. The fourth-order valence-corrected chi connectivity index (χ4v) is 1.93. The average molecular weight is 292 g/mol. The zero-order valence-electron chi connectivity index (χ0n) is 6.10. The summed E-state index contributed by atoms with van der Waals surface area (Å²) < 4.78 is 1.40. The summed E-state index contributed by atoms with van der Waals surface area (Å²) in [6.45, 7) is 3.30. The molecule has 0 spiro atoms. The Morgan fingerprint density at radius 1 is 1.33 bits per heavy atom. The van der Waals surface area contributed by atoms with Crippen molar-refractivity contribution in [2.45, 2.75) is 0 Å². The smallest absolute Gasteiger partial charge is 0.163 e. The van der Waals surface area contributed by atoms with Crippen molar-refractivity contribution < 1.29 is 4.79 Å². The van der Waals surface area contributed by atoms with Crippen LogP contribution in [-0.4, -0.2) is 5.78 Å². The summed E-state index contributed by atoms with van der Waals surface area (Å²) in [5.74, 6) is -0.226.